The molecule has 0 saturated heterocycles. The zero-order valence-electron chi connectivity index (χ0n) is 10.8. The number of rotatable bonds is 4. The van der Waals surface area contributed by atoms with Crippen LogP contribution in [0.1, 0.15) is 15.9 Å². The van der Waals surface area contributed by atoms with Crippen LogP contribution in [0.2, 0.25) is 0 Å². The van der Waals surface area contributed by atoms with E-state index in [9.17, 15) is 23.7 Å². The summed E-state index contributed by atoms with van der Waals surface area (Å²) in [4.78, 5) is 22.7. The van der Waals surface area contributed by atoms with E-state index in [1.54, 1.807) is 0 Å². The molecule has 9 heteroatoms. The molecule has 0 spiro atoms. The number of amides is 1. The molecule has 0 bridgehead atoms. The molecule has 0 saturated carbocycles. The van der Waals surface area contributed by atoms with E-state index >= 15 is 0 Å². The summed E-state index contributed by atoms with van der Waals surface area (Å²) in [5.41, 5.74) is -1.27. The Hall–Kier alpha value is -2.84. The molecule has 2 rings (SSSR count). The Morgan fingerprint density at radius 3 is 2.76 bits per heavy atom. The number of hydrogen-bond donors (Lipinski definition) is 1. The molecule has 0 aliphatic heterocycles. The van der Waals surface area contributed by atoms with Gasteiger partial charge in [0.1, 0.15) is 11.4 Å². The Bertz CT molecular complexity index is 688. The molecule has 0 atom stereocenters. The number of nitro groups is 1. The van der Waals surface area contributed by atoms with E-state index in [0.717, 1.165) is 4.90 Å². The van der Waals surface area contributed by atoms with Gasteiger partial charge in [-0.05, 0) is 6.07 Å². The number of nitrogens with one attached hydrogen (secondary N) is 1. The molecule has 1 aromatic heterocycles. The quantitative estimate of drug-likeness (QED) is 0.688. The number of benzene rings is 1. The van der Waals surface area contributed by atoms with Crippen LogP contribution in [0.5, 0.6) is 0 Å². The zero-order chi connectivity index (χ0) is 15.6. The van der Waals surface area contributed by atoms with Gasteiger partial charge in [-0.15, -0.1) is 0 Å². The molecule has 21 heavy (non-hydrogen) atoms. The van der Waals surface area contributed by atoms with Gasteiger partial charge < -0.3 is 4.90 Å². The molecular formula is C12H10F2N4O3. The first kappa shape index (κ1) is 14.6. The number of carbonyl (C=O) groups excluding carboxylic acids is 1. The predicted octanol–water partition coefficient (Wildman–Crippen LogP) is 1.87. The molecule has 1 heterocycles. The normalized spacial score (nSPS) is 10.4. The fraction of sp³-hybridized carbons (Fsp3) is 0.167. The number of hydrogen-bond acceptors (Lipinski definition) is 4. The fourth-order valence-electron chi connectivity index (χ4n) is 1.78. The van der Waals surface area contributed by atoms with Gasteiger partial charge >= 0.3 is 5.69 Å². The second-order valence-corrected chi connectivity index (χ2v) is 4.28. The van der Waals surface area contributed by atoms with E-state index in [2.05, 4.69) is 10.2 Å². The van der Waals surface area contributed by atoms with Crippen molar-refractivity contribution in [3.05, 3.63) is 57.4 Å². The van der Waals surface area contributed by atoms with Gasteiger partial charge in [-0.3, -0.25) is 20.0 Å². The summed E-state index contributed by atoms with van der Waals surface area (Å²) < 4.78 is 27.6. The van der Waals surface area contributed by atoms with Crippen LogP contribution >= 0.6 is 0 Å². The lowest BCUT2D eigenvalue weighted by Gasteiger charge is -2.16. The summed E-state index contributed by atoms with van der Waals surface area (Å²) in [6.07, 6.45) is 2.97. The fourth-order valence-corrected chi connectivity index (χ4v) is 1.78. The highest BCUT2D eigenvalue weighted by atomic mass is 19.1. The van der Waals surface area contributed by atoms with E-state index in [4.69, 9.17) is 0 Å². The van der Waals surface area contributed by atoms with E-state index in [1.807, 2.05) is 0 Å². The lowest BCUT2D eigenvalue weighted by Crippen LogP contribution is -2.28. The van der Waals surface area contributed by atoms with Crippen molar-refractivity contribution in [1.29, 1.82) is 0 Å². The summed E-state index contributed by atoms with van der Waals surface area (Å²) in [7, 11) is 1.33. The third kappa shape index (κ3) is 2.86. The second kappa shape index (κ2) is 5.65. The number of nitro benzene ring substituents is 1. The SMILES string of the molecule is CN(Cc1cn[nH]c1)C(=O)c1c(F)ccc([N+](=O)[O-])c1F. The predicted molar refractivity (Wildman–Crippen MR) is 67.4 cm³/mol. The minimum Gasteiger partial charge on any atom is -0.337 e. The summed E-state index contributed by atoms with van der Waals surface area (Å²) in [6, 6.07) is 1.37. The lowest BCUT2D eigenvalue weighted by molar-refractivity contribution is -0.387. The second-order valence-electron chi connectivity index (χ2n) is 4.28. The van der Waals surface area contributed by atoms with E-state index in [-0.39, 0.29) is 6.54 Å². The molecule has 0 aliphatic rings. The summed E-state index contributed by atoms with van der Waals surface area (Å²) in [6.45, 7) is 0.0525. The Balaban J connectivity index is 2.34. The van der Waals surface area contributed by atoms with E-state index < -0.39 is 33.7 Å². The van der Waals surface area contributed by atoms with Gasteiger partial charge in [0.15, 0.2) is 0 Å². The minimum absolute atomic E-state index is 0.0525. The molecule has 110 valence electrons. The number of aromatic amines is 1. The third-order valence-electron chi connectivity index (χ3n) is 2.80. The molecule has 0 unspecified atom stereocenters. The molecular weight excluding hydrogens is 286 g/mol. The monoisotopic (exact) mass is 296 g/mol. The highest BCUT2D eigenvalue weighted by Gasteiger charge is 2.28. The summed E-state index contributed by atoms with van der Waals surface area (Å²) in [5.74, 6) is -3.62. The Morgan fingerprint density at radius 2 is 2.19 bits per heavy atom. The number of halogens is 2. The van der Waals surface area contributed by atoms with E-state index in [1.165, 1.54) is 19.4 Å². The van der Waals surface area contributed by atoms with Crippen LogP contribution in [0.3, 0.4) is 0 Å². The van der Waals surface area contributed by atoms with Gasteiger partial charge in [0, 0.05) is 31.4 Å². The van der Waals surface area contributed by atoms with Gasteiger partial charge in [-0.1, -0.05) is 0 Å². The number of carbonyl (C=O) groups is 1. The first-order valence-electron chi connectivity index (χ1n) is 5.77. The van der Waals surface area contributed by atoms with E-state index in [0.29, 0.717) is 17.7 Å². The topological polar surface area (TPSA) is 92.1 Å². The zero-order valence-corrected chi connectivity index (χ0v) is 10.8. The maximum atomic E-state index is 13.9. The van der Waals surface area contributed by atoms with Crippen LogP contribution < -0.4 is 0 Å². The third-order valence-corrected chi connectivity index (χ3v) is 2.80. The maximum absolute atomic E-state index is 13.9. The van der Waals surface area contributed by atoms with Crippen molar-refractivity contribution in [2.24, 2.45) is 0 Å². The van der Waals surface area contributed by atoms with Gasteiger partial charge in [0.25, 0.3) is 5.91 Å². The van der Waals surface area contributed by atoms with Crippen molar-refractivity contribution in [3.63, 3.8) is 0 Å². The average molecular weight is 296 g/mol. The van der Waals surface area contributed by atoms with Crippen molar-refractivity contribution in [1.82, 2.24) is 15.1 Å². The largest absolute Gasteiger partial charge is 0.337 e. The van der Waals surface area contributed by atoms with Crippen LogP contribution in [-0.4, -0.2) is 33.0 Å². The molecule has 1 amide bonds. The summed E-state index contributed by atoms with van der Waals surface area (Å²) in [5, 5.41) is 16.9. The van der Waals surface area contributed by atoms with Gasteiger partial charge in [0.2, 0.25) is 5.82 Å². The number of H-pyrrole nitrogens is 1. The summed E-state index contributed by atoms with van der Waals surface area (Å²) >= 11 is 0. The Labute approximate surface area is 117 Å². The highest BCUT2D eigenvalue weighted by molar-refractivity contribution is 5.95. The molecule has 1 N–H and O–H groups in total. The molecule has 0 aliphatic carbocycles. The van der Waals surface area contributed by atoms with Crippen molar-refractivity contribution in [2.75, 3.05) is 7.05 Å². The molecule has 0 radical (unpaired) electrons. The van der Waals surface area contributed by atoms with Gasteiger partial charge in [-0.2, -0.15) is 9.49 Å². The van der Waals surface area contributed by atoms with Crippen molar-refractivity contribution < 1.29 is 18.5 Å². The number of nitrogens with zero attached hydrogens (tertiary/aromatic N) is 3. The van der Waals surface area contributed by atoms with Crippen molar-refractivity contribution in [3.8, 4) is 0 Å². The van der Waals surface area contributed by atoms with Crippen molar-refractivity contribution in [2.45, 2.75) is 6.54 Å². The van der Waals surface area contributed by atoms with Crippen LogP contribution in [-0.2, 0) is 6.54 Å². The lowest BCUT2D eigenvalue weighted by atomic mass is 10.1. The van der Waals surface area contributed by atoms with Crippen LogP contribution in [0.15, 0.2) is 24.5 Å². The maximum Gasteiger partial charge on any atom is 0.305 e. The first-order chi connectivity index (χ1) is 9.91. The molecule has 0 fully saturated rings. The first-order valence-corrected chi connectivity index (χ1v) is 5.77. The van der Waals surface area contributed by atoms with Crippen molar-refractivity contribution >= 4 is 11.6 Å². The highest BCUT2D eigenvalue weighted by Crippen LogP contribution is 2.24. The Morgan fingerprint density at radius 1 is 1.48 bits per heavy atom. The minimum atomic E-state index is -1.48. The standard InChI is InChI=1S/C12H10F2N4O3/c1-17(6-7-4-15-16-5-7)12(19)10-8(13)2-3-9(11(10)14)18(20)21/h2-5H,6H2,1H3,(H,15,16). The smallest absolute Gasteiger partial charge is 0.305 e. The average Bonchev–Trinajstić information content (AvgIpc) is 2.90. The number of aromatic nitrogens is 2. The molecule has 1 aromatic carbocycles. The van der Waals surface area contributed by atoms with Gasteiger partial charge in [-0.25, -0.2) is 4.39 Å². The van der Waals surface area contributed by atoms with Crippen LogP contribution in [0.4, 0.5) is 14.5 Å². The molecule has 2 aromatic rings. The van der Waals surface area contributed by atoms with Crippen LogP contribution in [0.25, 0.3) is 0 Å². The Kier molecular flexibility index (Phi) is 3.92. The molecule has 7 nitrogen and oxygen atoms in total. The van der Waals surface area contributed by atoms with Gasteiger partial charge in [0.05, 0.1) is 11.1 Å². The van der Waals surface area contributed by atoms with Crippen LogP contribution in [0, 0.1) is 21.7 Å².